The third-order valence-corrected chi connectivity index (χ3v) is 3.90. The van der Waals surface area contributed by atoms with Crippen LogP contribution in [0.3, 0.4) is 0 Å². The van der Waals surface area contributed by atoms with Crippen LogP contribution in [0.4, 0.5) is 5.69 Å². The first-order valence-electron chi connectivity index (χ1n) is 7.27. The fourth-order valence-corrected chi connectivity index (χ4v) is 2.63. The number of aromatic hydroxyl groups is 1. The van der Waals surface area contributed by atoms with Crippen molar-refractivity contribution in [3.63, 3.8) is 0 Å². The maximum Gasteiger partial charge on any atom is 0.243 e. The Kier molecular flexibility index (Phi) is 6.61. The highest BCUT2D eigenvalue weighted by molar-refractivity contribution is 5.96. The van der Waals surface area contributed by atoms with Crippen molar-refractivity contribution in [2.24, 2.45) is 5.73 Å². The number of halogens is 1. The highest BCUT2D eigenvalue weighted by atomic mass is 35.5. The molecule has 124 valence electrons. The molecule has 0 unspecified atom stereocenters. The number of benzene rings is 2. The number of nitrogens with zero attached hydrogens (tertiary/aromatic N) is 1. The average Bonchev–Trinajstić information content (AvgIpc) is 2.50. The van der Waals surface area contributed by atoms with Crippen LogP contribution < -0.4 is 10.6 Å². The summed E-state index contributed by atoms with van der Waals surface area (Å²) in [5, 5.41) is 9.59. The van der Waals surface area contributed by atoms with Crippen LogP contribution in [0.5, 0.6) is 5.75 Å². The number of anilines is 1. The van der Waals surface area contributed by atoms with Crippen LogP contribution in [0, 0.1) is 13.8 Å². The van der Waals surface area contributed by atoms with Gasteiger partial charge in [0.05, 0.1) is 6.04 Å². The summed E-state index contributed by atoms with van der Waals surface area (Å²) in [4.78, 5) is 14.1. The Hall–Kier alpha value is -2.04. The van der Waals surface area contributed by atoms with Gasteiger partial charge in [-0.25, -0.2) is 0 Å². The number of amides is 1. The number of carbonyl (C=O) groups excluding carboxylic acids is 1. The number of aryl methyl sites for hydroxylation is 2. The number of hydrogen-bond donors (Lipinski definition) is 2. The van der Waals surface area contributed by atoms with E-state index in [1.165, 1.54) is 0 Å². The minimum absolute atomic E-state index is 0. The molecule has 0 aliphatic rings. The highest BCUT2D eigenvalue weighted by Gasteiger charge is 2.21. The van der Waals surface area contributed by atoms with Gasteiger partial charge in [0.1, 0.15) is 5.75 Å². The lowest BCUT2D eigenvalue weighted by molar-refractivity contribution is -0.119. The fraction of sp³-hybridized carbons (Fsp3) is 0.278. The molecule has 0 saturated heterocycles. The molecule has 23 heavy (non-hydrogen) atoms. The van der Waals surface area contributed by atoms with Crippen LogP contribution >= 0.6 is 12.4 Å². The van der Waals surface area contributed by atoms with Crippen LogP contribution in [0.15, 0.2) is 42.5 Å². The Labute approximate surface area is 143 Å². The lowest BCUT2D eigenvalue weighted by Crippen LogP contribution is -2.43. The van der Waals surface area contributed by atoms with Gasteiger partial charge < -0.3 is 15.7 Å². The molecule has 0 aromatic heterocycles. The summed E-state index contributed by atoms with van der Waals surface area (Å²) >= 11 is 0. The molecule has 0 bridgehead atoms. The summed E-state index contributed by atoms with van der Waals surface area (Å²) in [5.41, 5.74) is 9.84. The van der Waals surface area contributed by atoms with Gasteiger partial charge >= 0.3 is 0 Å². The molecule has 0 heterocycles. The van der Waals surface area contributed by atoms with E-state index in [1.807, 2.05) is 44.2 Å². The molecule has 0 radical (unpaired) electrons. The topological polar surface area (TPSA) is 66.6 Å². The summed E-state index contributed by atoms with van der Waals surface area (Å²) < 4.78 is 0. The second-order valence-electron chi connectivity index (χ2n) is 5.60. The lowest BCUT2D eigenvalue weighted by atomic mass is 9.95. The van der Waals surface area contributed by atoms with Gasteiger partial charge in [0.2, 0.25) is 5.91 Å². The van der Waals surface area contributed by atoms with Crippen molar-refractivity contribution in [1.82, 2.24) is 0 Å². The van der Waals surface area contributed by atoms with Crippen molar-refractivity contribution in [1.29, 1.82) is 0 Å². The number of nitrogens with two attached hydrogens (primary N) is 1. The Morgan fingerprint density at radius 2 is 1.70 bits per heavy atom. The second kappa shape index (κ2) is 7.99. The quantitative estimate of drug-likeness (QED) is 0.903. The van der Waals surface area contributed by atoms with Crippen LogP contribution in [-0.4, -0.2) is 24.1 Å². The van der Waals surface area contributed by atoms with E-state index >= 15 is 0 Å². The van der Waals surface area contributed by atoms with Gasteiger partial charge in [0.25, 0.3) is 0 Å². The first kappa shape index (κ1) is 19.0. The maximum atomic E-state index is 12.5. The van der Waals surface area contributed by atoms with E-state index in [2.05, 4.69) is 0 Å². The summed E-state index contributed by atoms with van der Waals surface area (Å²) in [5.74, 6) is 0.109. The van der Waals surface area contributed by atoms with Crippen molar-refractivity contribution in [2.45, 2.75) is 26.3 Å². The summed E-state index contributed by atoms with van der Waals surface area (Å²) in [6, 6.07) is 12.2. The molecule has 3 N–H and O–H groups in total. The smallest absolute Gasteiger partial charge is 0.243 e. The summed E-state index contributed by atoms with van der Waals surface area (Å²) in [6.07, 6.45) is 0.452. The van der Waals surface area contributed by atoms with E-state index in [-0.39, 0.29) is 24.1 Å². The summed E-state index contributed by atoms with van der Waals surface area (Å²) in [6.45, 7) is 3.83. The van der Waals surface area contributed by atoms with Crippen LogP contribution in [0.2, 0.25) is 0 Å². The maximum absolute atomic E-state index is 12.5. The van der Waals surface area contributed by atoms with Gasteiger partial charge in [0, 0.05) is 12.7 Å². The zero-order valence-electron chi connectivity index (χ0n) is 13.6. The van der Waals surface area contributed by atoms with E-state index < -0.39 is 6.04 Å². The molecular weight excluding hydrogens is 312 g/mol. The molecule has 5 heteroatoms. The monoisotopic (exact) mass is 334 g/mol. The van der Waals surface area contributed by atoms with Gasteiger partial charge in [-0.1, -0.05) is 18.2 Å². The largest absolute Gasteiger partial charge is 0.508 e. The van der Waals surface area contributed by atoms with Gasteiger partial charge in [-0.2, -0.15) is 0 Å². The van der Waals surface area contributed by atoms with Crippen molar-refractivity contribution in [3.8, 4) is 5.75 Å². The molecule has 0 aliphatic carbocycles. The molecule has 0 spiro atoms. The van der Waals surface area contributed by atoms with E-state index in [1.54, 1.807) is 24.1 Å². The predicted octanol–water partition coefficient (Wildman–Crippen LogP) is 2.96. The molecule has 2 aromatic rings. The third kappa shape index (κ3) is 4.47. The fourth-order valence-electron chi connectivity index (χ4n) is 2.63. The molecule has 0 saturated carbocycles. The molecule has 0 fully saturated rings. The zero-order valence-corrected chi connectivity index (χ0v) is 14.4. The molecular formula is C18H23ClN2O2. The van der Waals surface area contributed by atoms with E-state index in [0.717, 1.165) is 22.4 Å². The third-order valence-electron chi connectivity index (χ3n) is 3.90. The SMILES string of the molecule is Cc1cc(O)cc(C)c1C[C@H](N)C(=O)N(C)c1ccccc1.Cl. The van der Waals surface area contributed by atoms with Crippen LogP contribution in [0.25, 0.3) is 0 Å². The van der Waals surface area contributed by atoms with Gasteiger partial charge in [0.15, 0.2) is 0 Å². The van der Waals surface area contributed by atoms with E-state index in [9.17, 15) is 9.90 Å². The number of phenolic OH excluding ortho intramolecular Hbond substituents is 1. The average molecular weight is 335 g/mol. The van der Waals surface area contributed by atoms with E-state index in [4.69, 9.17) is 5.73 Å². The van der Waals surface area contributed by atoms with Crippen molar-refractivity contribution >= 4 is 24.0 Å². The molecule has 4 nitrogen and oxygen atoms in total. The Bertz CT molecular complexity index is 651. The lowest BCUT2D eigenvalue weighted by Gasteiger charge is -2.22. The van der Waals surface area contributed by atoms with Crippen molar-refractivity contribution in [3.05, 3.63) is 59.2 Å². The Morgan fingerprint density at radius 1 is 1.17 bits per heavy atom. The molecule has 0 aliphatic heterocycles. The first-order chi connectivity index (χ1) is 10.4. The highest BCUT2D eigenvalue weighted by Crippen LogP contribution is 2.22. The second-order valence-corrected chi connectivity index (χ2v) is 5.60. The Morgan fingerprint density at radius 3 is 2.22 bits per heavy atom. The van der Waals surface area contributed by atoms with Crippen LogP contribution in [0.1, 0.15) is 16.7 Å². The predicted molar refractivity (Wildman–Crippen MR) is 96.4 cm³/mol. The van der Waals surface area contributed by atoms with Gasteiger partial charge in [-0.05, 0) is 61.2 Å². The molecule has 1 amide bonds. The van der Waals surface area contributed by atoms with Crippen molar-refractivity contribution < 1.29 is 9.90 Å². The standard InChI is InChI=1S/C18H22N2O2.ClH/c1-12-9-15(21)10-13(2)16(12)11-17(19)18(22)20(3)14-7-5-4-6-8-14;/h4-10,17,21H,11,19H2,1-3H3;1H/t17-;/m0./s1. The number of para-hydroxylation sites is 1. The Balaban J connectivity index is 0.00000264. The normalized spacial score (nSPS) is 11.5. The van der Waals surface area contributed by atoms with Crippen LogP contribution in [-0.2, 0) is 11.2 Å². The number of carbonyl (C=O) groups is 1. The number of phenols is 1. The van der Waals surface area contributed by atoms with Gasteiger partial charge in [-0.3, -0.25) is 4.79 Å². The first-order valence-corrected chi connectivity index (χ1v) is 7.27. The summed E-state index contributed by atoms with van der Waals surface area (Å²) in [7, 11) is 1.73. The molecule has 2 aromatic carbocycles. The minimum Gasteiger partial charge on any atom is -0.508 e. The zero-order chi connectivity index (χ0) is 16.3. The van der Waals surface area contributed by atoms with E-state index in [0.29, 0.717) is 6.42 Å². The minimum atomic E-state index is -0.618. The molecule has 1 atom stereocenters. The molecule has 2 rings (SSSR count). The number of hydrogen-bond acceptors (Lipinski definition) is 3. The number of rotatable bonds is 4. The van der Waals surface area contributed by atoms with Crippen molar-refractivity contribution in [2.75, 3.05) is 11.9 Å². The van der Waals surface area contributed by atoms with Gasteiger partial charge in [-0.15, -0.1) is 12.4 Å². The number of likely N-dealkylation sites (N-methyl/N-ethyl adjacent to an activating group) is 1.